The van der Waals surface area contributed by atoms with Gasteiger partial charge in [0.15, 0.2) is 0 Å². The summed E-state index contributed by atoms with van der Waals surface area (Å²) >= 11 is 0. The first-order valence-corrected chi connectivity index (χ1v) is 26.7. The SMILES string of the molecule is CCCC/C=C\C/C=C\CCCCCCCC(=O)OCCCCCCCCCCC/C=C\CCCCCCCC(=O)NC(CO)C(O)CCCCCCCCCCCCCC. The summed E-state index contributed by atoms with van der Waals surface area (Å²) in [5, 5.41) is 23.2. The molecule has 0 saturated heterocycles. The molecule has 6 heteroatoms. The Kier molecular flexibility index (Phi) is 49.1. The minimum absolute atomic E-state index is 0.0122. The van der Waals surface area contributed by atoms with Gasteiger partial charge in [0.05, 0.1) is 25.4 Å². The maximum atomic E-state index is 12.4. The zero-order valence-corrected chi connectivity index (χ0v) is 40.6. The van der Waals surface area contributed by atoms with Gasteiger partial charge in [0.1, 0.15) is 0 Å². The maximum Gasteiger partial charge on any atom is 0.305 e. The molecule has 0 rings (SSSR count). The summed E-state index contributed by atoms with van der Waals surface area (Å²) < 4.78 is 5.46. The van der Waals surface area contributed by atoms with Crippen LogP contribution in [-0.4, -0.2) is 47.4 Å². The van der Waals surface area contributed by atoms with Crippen molar-refractivity contribution in [1.82, 2.24) is 5.32 Å². The number of esters is 1. The zero-order valence-electron chi connectivity index (χ0n) is 40.6. The number of carbonyl (C=O) groups is 2. The number of allylic oxidation sites excluding steroid dienone is 6. The fraction of sp³-hybridized carbons (Fsp3) is 0.855. The van der Waals surface area contributed by atoms with E-state index in [0.29, 0.717) is 25.9 Å². The van der Waals surface area contributed by atoms with Crippen LogP contribution in [0.15, 0.2) is 36.5 Å². The lowest BCUT2D eigenvalue weighted by molar-refractivity contribution is -0.143. The Balaban J connectivity index is 3.45. The van der Waals surface area contributed by atoms with E-state index in [9.17, 15) is 19.8 Å². The lowest BCUT2D eigenvalue weighted by Gasteiger charge is -2.22. The number of aliphatic hydroxyl groups is 2. The van der Waals surface area contributed by atoms with Crippen molar-refractivity contribution < 1.29 is 24.5 Å². The molecule has 0 aromatic heterocycles. The van der Waals surface area contributed by atoms with E-state index in [0.717, 1.165) is 70.6 Å². The van der Waals surface area contributed by atoms with Gasteiger partial charge in [-0.05, 0) is 77.0 Å². The minimum Gasteiger partial charge on any atom is -0.466 e. The number of carbonyl (C=O) groups excluding carboxylic acids is 2. The number of hydrogen-bond donors (Lipinski definition) is 3. The predicted octanol–water partition coefficient (Wildman–Crippen LogP) is 16.1. The molecule has 0 aliphatic carbocycles. The van der Waals surface area contributed by atoms with Crippen LogP contribution in [0, 0.1) is 0 Å². The summed E-state index contributed by atoms with van der Waals surface area (Å²) in [6.45, 7) is 4.88. The van der Waals surface area contributed by atoms with E-state index in [2.05, 4.69) is 55.6 Å². The van der Waals surface area contributed by atoms with Crippen LogP contribution in [0.1, 0.15) is 277 Å². The van der Waals surface area contributed by atoms with Gasteiger partial charge >= 0.3 is 5.97 Å². The second-order valence-electron chi connectivity index (χ2n) is 18.2. The van der Waals surface area contributed by atoms with Crippen molar-refractivity contribution in [2.45, 2.75) is 289 Å². The lowest BCUT2D eigenvalue weighted by atomic mass is 10.0. The van der Waals surface area contributed by atoms with E-state index in [1.165, 1.54) is 173 Å². The summed E-state index contributed by atoms with van der Waals surface area (Å²) in [7, 11) is 0. The number of aliphatic hydroxyl groups excluding tert-OH is 2. The molecule has 0 aliphatic rings. The van der Waals surface area contributed by atoms with Crippen molar-refractivity contribution in [3.63, 3.8) is 0 Å². The molecule has 2 unspecified atom stereocenters. The van der Waals surface area contributed by atoms with E-state index in [1.807, 2.05) is 0 Å². The van der Waals surface area contributed by atoms with E-state index in [4.69, 9.17) is 4.74 Å². The molecular weight excluding hydrogens is 755 g/mol. The predicted molar refractivity (Wildman–Crippen MR) is 264 cm³/mol. The highest BCUT2D eigenvalue weighted by Gasteiger charge is 2.20. The molecule has 0 saturated carbocycles. The Morgan fingerprint density at radius 2 is 0.836 bits per heavy atom. The highest BCUT2D eigenvalue weighted by molar-refractivity contribution is 5.76. The molecule has 2 atom stereocenters. The molecule has 0 heterocycles. The van der Waals surface area contributed by atoms with Crippen LogP contribution in [0.4, 0.5) is 0 Å². The highest BCUT2D eigenvalue weighted by Crippen LogP contribution is 2.16. The number of hydrogen-bond acceptors (Lipinski definition) is 5. The van der Waals surface area contributed by atoms with Gasteiger partial charge in [-0.25, -0.2) is 0 Å². The smallest absolute Gasteiger partial charge is 0.305 e. The summed E-state index contributed by atoms with van der Waals surface area (Å²) in [6.07, 6.45) is 61.2. The van der Waals surface area contributed by atoms with Gasteiger partial charge in [-0.3, -0.25) is 9.59 Å². The topological polar surface area (TPSA) is 95.9 Å². The average molecular weight is 858 g/mol. The minimum atomic E-state index is -0.672. The van der Waals surface area contributed by atoms with Crippen LogP contribution in [-0.2, 0) is 14.3 Å². The molecule has 0 spiro atoms. The summed E-state index contributed by atoms with van der Waals surface area (Å²) in [5.41, 5.74) is 0. The van der Waals surface area contributed by atoms with Crippen LogP contribution >= 0.6 is 0 Å². The van der Waals surface area contributed by atoms with Gasteiger partial charge in [0.25, 0.3) is 0 Å². The van der Waals surface area contributed by atoms with Gasteiger partial charge < -0.3 is 20.3 Å². The number of rotatable bonds is 49. The van der Waals surface area contributed by atoms with Gasteiger partial charge in [-0.1, -0.05) is 224 Å². The summed E-state index contributed by atoms with van der Waals surface area (Å²) in [5.74, 6) is -0.0630. The first-order chi connectivity index (χ1) is 30.0. The molecule has 3 N–H and O–H groups in total. The van der Waals surface area contributed by atoms with Crippen LogP contribution in [0.3, 0.4) is 0 Å². The van der Waals surface area contributed by atoms with E-state index in [-0.39, 0.29) is 18.5 Å². The fourth-order valence-corrected chi connectivity index (χ4v) is 8.00. The van der Waals surface area contributed by atoms with Gasteiger partial charge in [0, 0.05) is 12.8 Å². The van der Waals surface area contributed by atoms with Crippen LogP contribution < -0.4 is 5.32 Å². The van der Waals surface area contributed by atoms with Crippen LogP contribution in [0.2, 0.25) is 0 Å². The summed E-state index contributed by atoms with van der Waals surface area (Å²) in [6, 6.07) is -0.551. The lowest BCUT2D eigenvalue weighted by Crippen LogP contribution is -2.45. The number of unbranched alkanes of at least 4 members (excludes halogenated alkanes) is 32. The first-order valence-electron chi connectivity index (χ1n) is 26.7. The number of nitrogens with one attached hydrogen (secondary N) is 1. The second kappa shape index (κ2) is 50.7. The normalized spacial score (nSPS) is 12.9. The van der Waals surface area contributed by atoms with Gasteiger partial charge in [0.2, 0.25) is 5.91 Å². The number of ether oxygens (including phenoxy) is 1. The molecule has 61 heavy (non-hydrogen) atoms. The van der Waals surface area contributed by atoms with Gasteiger partial charge in [-0.15, -0.1) is 0 Å². The fourth-order valence-electron chi connectivity index (χ4n) is 8.00. The van der Waals surface area contributed by atoms with Gasteiger partial charge in [-0.2, -0.15) is 0 Å². The standard InChI is InChI=1S/C55H103NO5/c1-3-5-7-9-11-13-15-17-25-29-33-37-41-45-49-55(60)61-50-46-42-38-34-30-26-23-21-19-18-20-22-24-28-32-36-40-44-48-54(59)56-52(51-57)53(58)47-43-39-35-31-27-16-14-12-10-8-6-4-2/h9,11,15,17,20,22,52-53,57-58H,3-8,10,12-14,16,18-19,21,23-51H2,1-2H3,(H,56,59)/b11-9-,17-15-,22-20-. The Morgan fingerprint density at radius 1 is 0.459 bits per heavy atom. The average Bonchev–Trinajstić information content (AvgIpc) is 3.26. The Labute approximate surface area is 379 Å². The van der Waals surface area contributed by atoms with Crippen molar-refractivity contribution in [3.8, 4) is 0 Å². The largest absolute Gasteiger partial charge is 0.466 e. The van der Waals surface area contributed by atoms with Crippen molar-refractivity contribution in [2.24, 2.45) is 0 Å². The quantitative estimate of drug-likeness (QED) is 0.0322. The molecule has 358 valence electrons. The van der Waals surface area contributed by atoms with Crippen LogP contribution in [0.5, 0.6) is 0 Å². The maximum absolute atomic E-state index is 12.4. The molecule has 0 radical (unpaired) electrons. The molecule has 0 aliphatic heterocycles. The third-order valence-corrected chi connectivity index (χ3v) is 12.2. The Morgan fingerprint density at radius 3 is 1.31 bits per heavy atom. The number of amides is 1. The molecular formula is C55H103NO5. The monoisotopic (exact) mass is 858 g/mol. The second-order valence-corrected chi connectivity index (χ2v) is 18.2. The van der Waals surface area contributed by atoms with E-state index >= 15 is 0 Å². The molecule has 0 fully saturated rings. The molecule has 0 bridgehead atoms. The third-order valence-electron chi connectivity index (χ3n) is 12.2. The zero-order chi connectivity index (χ0) is 44.4. The van der Waals surface area contributed by atoms with E-state index in [1.54, 1.807) is 0 Å². The highest BCUT2D eigenvalue weighted by atomic mass is 16.5. The van der Waals surface area contributed by atoms with Crippen molar-refractivity contribution in [2.75, 3.05) is 13.2 Å². The molecule has 6 nitrogen and oxygen atoms in total. The van der Waals surface area contributed by atoms with E-state index < -0.39 is 12.1 Å². The molecule has 1 amide bonds. The van der Waals surface area contributed by atoms with Crippen molar-refractivity contribution in [1.29, 1.82) is 0 Å². The van der Waals surface area contributed by atoms with Crippen molar-refractivity contribution >= 4 is 11.9 Å². The van der Waals surface area contributed by atoms with Crippen molar-refractivity contribution in [3.05, 3.63) is 36.5 Å². The molecule has 0 aromatic carbocycles. The van der Waals surface area contributed by atoms with Crippen LogP contribution in [0.25, 0.3) is 0 Å². The molecule has 0 aromatic rings. The Hall–Kier alpha value is -1.92. The third kappa shape index (κ3) is 47.4. The Bertz CT molecular complexity index is 993. The first kappa shape index (κ1) is 59.1. The summed E-state index contributed by atoms with van der Waals surface area (Å²) in [4.78, 5) is 24.4.